The predicted molar refractivity (Wildman–Crippen MR) is 90.0 cm³/mol. The Morgan fingerprint density at radius 2 is 1.87 bits per heavy atom. The van der Waals surface area contributed by atoms with Gasteiger partial charge in [-0.15, -0.1) is 0 Å². The van der Waals surface area contributed by atoms with E-state index in [9.17, 15) is 5.26 Å². The highest BCUT2D eigenvalue weighted by atomic mass is 35.5. The van der Waals surface area contributed by atoms with Crippen LogP contribution in [0.4, 0.5) is 0 Å². The average molecular weight is 324 g/mol. The summed E-state index contributed by atoms with van der Waals surface area (Å²) < 4.78 is 7.19. The van der Waals surface area contributed by atoms with Crippen molar-refractivity contribution in [2.45, 2.75) is 6.92 Å². The van der Waals surface area contributed by atoms with E-state index in [1.54, 1.807) is 30.0 Å². The number of ether oxygens (including phenoxy) is 1. The molecule has 0 fully saturated rings. The Morgan fingerprint density at radius 3 is 2.52 bits per heavy atom. The van der Waals surface area contributed by atoms with Gasteiger partial charge in [0, 0.05) is 16.7 Å². The smallest absolute Gasteiger partial charge is 0.163 e. The highest BCUT2D eigenvalue weighted by molar-refractivity contribution is 6.30. The van der Waals surface area contributed by atoms with Crippen molar-refractivity contribution >= 4 is 11.6 Å². The fourth-order valence-corrected chi connectivity index (χ4v) is 2.55. The number of halogens is 1. The van der Waals surface area contributed by atoms with E-state index in [4.69, 9.17) is 16.3 Å². The molecule has 0 bridgehead atoms. The van der Waals surface area contributed by atoms with Crippen LogP contribution in [0.5, 0.6) is 5.75 Å². The molecule has 1 heterocycles. The number of hydrogen-bond acceptors (Lipinski definition) is 3. The lowest BCUT2D eigenvalue weighted by Gasteiger charge is -2.12. The molecule has 0 unspecified atom stereocenters. The minimum Gasteiger partial charge on any atom is -0.496 e. The molecule has 5 heteroatoms. The SMILES string of the molecule is COc1ccc(C)cc1-c1cc(C#N)nn1-c1ccc(Cl)cc1. The Kier molecular flexibility index (Phi) is 4.05. The maximum absolute atomic E-state index is 9.22. The molecule has 3 rings (SSSR count). The first kappa shape index (κ1) is 15.1. The molecule has 0 aliphatic carbocycles. The average Bonchev–Trinajstić information content (AvgIpc) is 2.99. The molecule has 4 nitrogen and oxygen atoms in total. The monoisotopic (exact) mass is 323 g/mol. The fraction of sp³-hybridized carbons (Fsp3) is 0.111. The minimum atomic E-state index is 0.346. The van der Waals surface area contributed by atoms with Crippen molar-refractivity contribution in [2.24, 2.45) is 0 Å². The van der Waals surface area contributed by atoms with Crippen molar-refractivity contribution in [1.29, 1.82) is 5.26 Å². The summed E-state index contributed by atoms with van der Waals surface area (Å²) in [6.07, 6.45) is 0. The normalized spacial score (nSPS) is 10.3. The summed E-state index contributed by atoms with van der Waals surface area (Å²) in [5.41, 5.74) is 3.96. The van der Waals surface area contributed by atoms with Gasteiger partial charge in [0.1, 0.15) is 11.8 Å². The molecular formula is C18H14ClN3O. The van der Waals surface area contributed by atoms with Crippen LogP contribution in [0.2, 0.25) is 5.02 Å². The van der Waals surface area contributed by atoms with Gasteiger partial charge >= 0.3 is 0 Å². The second-order valence-electron chi connectivity index (χ2n) is 5.12. The van der Waals surface area contributed by atoms with Gasteiger partial charge in [-0.2, -0.15) is 10.4 Å². The Morgan fingerprint density at radius 1 is 1.13 bits per heavy atom. The van der Waals surface area contributed by atoms with E-state index >= 15 is 0 Å². The van der Waals surface area contributed by atoms with Gasteiger partial charge < -0.3 is 4.74 Å². The van der Waals surface area contributed by atoms with E-state index in [0.717, 1.165) is 28.3 Å². The molecule has 0 saturated heterocycles. The quantitative estimate of drug-likeness (QED) is 0.718. The third-order valence-electron chi connectivity index (χ3n) is 3.53. The summed E-state index contributed by atoms with van der Waals surface area (Å²) in [5.74, 6) is 0.732. The summed E-state index contributed by atoms with van der Waals surface area (Å²) >= 11 is 5.95. The number of nitriles is 1. The maximum Gasteiger partial charge on any atom is 0.163 e. The Bertz CT molecular complexity index is 892. The first-order valence-corrected chi connectivity index (χ1v) is 7.41. The lowest BCUT2D eigenvalue weighted by atomic mass is 10.1. The number of aromatic nitrogens is 2. The standard InChI is InChI=1S/C18H14ClN3O/c1-12-3-8-18(23-2)16(9-12)17-10-14(11-20)21-22(17)15-6-4-13(19)5-7-15/h3-10H,1-2H3. The molecule has 0 saturated carbocycles. The molecule has 114 valence electrons. The van der Waals surface area contributed by atoms with Crippen molar-refractivity contribution < 1.29 is 4.74 Å². The molecule has 1 aromatic heterocycles. The molecule has 0 amide bonds. The summed E-state index contributed by atoms with van der Waals surface area (Å²) in [7, 11) is 1.63. The van der Waals surface area contributed by atoms with E-state index in [-0.39, 0.29) is 0 Å². The third-order valence-corrected chi connectivity index (χ3v) is 3.78. The van der Waals surface area contributed by atoms with Crippen LogP contribution in [0.3, 0.4) is 0 Å². The predicted octanol–water partition coefficient (Wildman–Crippen LogP) is 4.38. The lowest BCUT2D eigenvalue weighted by molar-refractivity contribution is 0.416. The molecular weight excluding hydrogens is 310 g/mol. The number of rotatable bonds is 3. The van der Waals surface area contributed by atoms with E-state index in [0.29, 0.717) is 10.7 Å². The van der Waals surface area contributed by atoms with Crippen molar-refractivity contribution in [3.05, 3.63) is 64.8 Å². The summed E-state index contributed by atoms with van der Waals surface area (Å²) in [5, 5.41) is 14.2. The van der Waals surface area contributed by atoms with Crippen molar-refractivity contribution in [1.82, 2.24) is 9.78 Å². The zero-order chi connectivity index (χ0) is 16.4. The molecule has 23 heavy (non-hydrogen) atoms. The fourth-order valence-electron chi connectivity index (χ4n) is 2.43. The van der Waals surface area contributed by atoms with Gasteiger partial charge in [-0.05, 0) is 43.3 Å². The van der Waals surface area contributed by atoms with Gasteiger partial charge in [0.2, 0.25) is 0 Å². The second kappa shape index (κ2) is 6.15. The number of benzene rings is 2. The van der Waals surface area contributed by atoms with Gasteiger partial charge in [-0.3, -0.25) is 0 Å². The number of methoxy groups -OCH3 is 1. The highest BCUT2D eigenvalue weighted by Gasteiger charge is 2.15. The zero-order valence-electron chi connectivity index (χ0n) is 12.7. The molecule has 0 aliphatic heterocycles. The van der Waals surface area contributed by atoms with Crippen LogP contribution in [0.15, 0.2) is 48.5 Å². The molecule has 0 spiro atoms. The van der Waals surface area contributed by atoms with E-state index in [1.165, 1.54) is 0 Å². The highest BCUT2D eigenvalue weighted by Crippen LogP contribution is 2.33. The minimum absolute atomic E-state index is 0.346. The van der Waals surface area contributed by atoms with E-state index in [2.05, 4.69) is 11.2 Å². The van der Waals surface area contributed by atoms with E-state index < -0.39 is 0 Å². The Hall–Kier alpha value is -2.77. The number of aryl methyl sites for hydroxylation is 1. The van der Waals surface area contributed by atoms with Gasteiger partial charge in [-0.1, -0.05) is 23.2 Å². The zero-order valence-corrected chi connectivity index (χ0v) is 13.5. The molecule has 0 atom stereocenters. The lowest BCUT2D eigenvalue weighted by Crippen LogP contribution is -2.00. The van der Waals surface area contributed by atoms with Crippen molar-refractivity contribution in [3.63, 3.8) is 0 Å². The maximum atomic E-state index is 9.22. The van der Waals surface area contributed by atoms with Crippen LogP contribution in [-0.2, 0) is 0 Å². The number of nitrogens with zero attached hydrogens (tertiary/aromatic N) is 3. The van der Waals surface area contributed by atoms with Gasteiger partial charge in [-0.25, -0.2) is 4.68 Å². The van der Waals surface area contributed by atoms with Crippen LogP contribution in [0, 0.1) is 18.3 Å². The molecule has 0 aliphatic rings. The van der Waals surface area contributed by atoms with Crippen LogP contribution in [-0.4, -0.2) is 16.9 Å². The van der Waals surface area contributed by atoms with Gasteiger partial charge in [0.25, 0.3) is 0 Å². The first-order valence-electron chi connectivity index (χ1n) is 7.03. The molecule has 3 aromatic rings. The van der Waals surface area contributed by atoms with Crippen LogP contribution < -0.4 is 4.74 Å². The van der Waals surface area contributed by atoms with Gasteiger partial charge in [0.15, 0.2) is 5.69 Å². The van der Waals surface area contributed by atoms with Crippen molar-refractivity contribution in [3.8, 4) is 28.8 Å². The summed E-state index contributed by atoms with van der Waals surface area (Å²) in [4.78, 5) is 0. The van der Waals surface area contributed by atoms with Crippen LogP contribution in [0.1, 0.15) is 11.3 Å². The summed E-state index contributed by atoms with van der Waals surface area (Å²) in [6.45, 7) is 2.01. The van der Waals surface area contributed by atoms with Crippen molar-refractivity contribution in [2.75, 3.05) is 7.11 Å². The Labute approximate surface area is 139 Å². The summed E-state index contributed by atoms with van der Waals surface area (Å²) in [6, 6.07) is 17.1. The van der Waals surface area contributed by atoms with Gasteiger partial charge in [0.05, 0.1) is 18.5 Å². The third kappa shape index (κ3) is 2.92. The molecule has 0 radical (unpaired) electrons. The van der Waals surface area contributed by atoms with Crippen LogP contribution in [0.25, 0.3) is 16.9 Å². The number of hydrogen-bond donors (Lipinski definition) is 0. The topological polar surface area (TPSA) is 50.8 Å². The van der Waals surface area contributed by atoms with Crippen LogP contribution >= 0.6 is 11.6 Å². The first-order chi connectivity index (χ1) is 11.1. The Balaban J connectivity index is 2.24. The molecule has 2 aromatic carbocycles. The largest absolute Gasteiger partial charge is 0.496 e. The molecule has 0 N–H and O–H groups in total. The van der Waals surface area contributed by atoms with E-state index in [1.807, 2.05) is 37.3 Å². The second-order valence-corrected chi connectivity index (χ2v) is 5.56.